The van der Waals surface area contributed by atoms with E-state index in [0.29, 0.717) is 23.6 Å². The van der Waals surface area contributed by atoms with E-state index in [9.17, 15) is 0 Å². The number of anilines is 1. The van der Waals surface area contributed by atoms with Gasteiger partial charge in [0.1, 0.15) is 11.5 Å². The zero-order valence-electron chi connectivity index (χ0n) is 12.3. The number of nitrogens with one attached hydrogen (secondary N) is 1. The standard InChI is InChI=1S/C14H25N5/c1-5-11(6-2)19(9-10(3)4)14-17-8-7-12(18-14)13(15)16/h7-8,10-11H,5-6,9H2,1-4H3,(H3,15,16). The summed E-state index contributed by atoms with van der Waals surface area (Å²) in [6.45, 7) is 9.63. The monoisotopic (exact) mass is 263 g/mol. The first-order chi connectivity index (χ1) is 8.99. The molecule has 0 bridgehead atoms. The average Bonchev–Trinajstić information content (AvgIpc) is 2.38. The van der Waals surface area contributed by atoms with Crippen LogP contribution in [0.15, 0.2) is 12.3 Å². The molecule has 1 heterocycles. The highest BCUT2D eigenvalue weighted by atomic mass is 15.3. The Morgan fingerprint density at radius 1 is 1.37 bits per heavy atom. The van der Waals surface area contributed by atoms with Gasteiger partial charge in [-0.05, 0) is 24.8 Å². The molecule has 0 radical (unpaired) electrons. The quantitative estimate of drug-likeness (QED) is 0.585. The van der Waals surface area contributed by atoms with E-state index in [2.05, 4.69) is 42.6 Å². The molecule has 0 aliphatic heterocycles. The third kappa shape index (κ3) is 4.19. The number of hydrogen-bond donors (Lipinski definition) is 2. The number of hydrogen-bond acceptors (Lipinski definition) is 4. The van der Waals surface area contributed by atoms with Crippen LogP contribution >= 0.6 is 0 Å². The third-order valence-electron chi connectivity index (χ3n) is 3.12. The predicted molar refractivity (Wildman–Crippen MR) is 79.6 cm³/mol. The van der Waals surface area contributed by atoms with E-state index in [4.69, 9.17) is 11.1 Å². The minimum absolute atomic E-state index is 0.0160. The fourth-order valence-electron chi connectivity index (χ4n) is 2.15. The first-order valence-electron chi connectivity index (χ1n) is 6.93. The van der Waals surface area contributed by atoms with Gasteiger partial charge in [-0.1, -0.05) is 27.7 Å². The molecule has 5 nitrogen and oxygen atoms in total. The number of aromatic nitrogens is 2. The molecule has 0 amide bonds. The second-order valence-electron chi connectivity index (χ2n) is 5.17. The van der Waals surface area contributed by atoms with Crippen molar-refractivity contribution in [2.45, 2.75) is 46.6 Å². The lowest BCUT2D eigenvalue weighted by atomic mass is 10.1. The Balaban J connectivity index is 3.08. The van der Waals surface area contributed by atoms with Crippen molar-refractivity contribution in [2.24, 2.45) is 11.7 Å². The van der Waals surface area contributed by atoms with Gasteiger partial charge in [0.2, 0.25) is 5.95 Å². The Morgan fingerprint density at radius 2 is 2.00 bits per heavy atom. The summed E-state index contributed by atoms with van der Waals surface area (Å²) < 4.78 is 0. The summed E-state index contributed by atoms with van der Waals surface area (Å²) in [5.74, 6) is 1.19. The summed E-state index contributed by atoms with van der Waals surface area (Å²) in [5, 5.41) is 7.48. The van der Waals surface area contributed by atoms with Gasteiger partial charge in [0.05, 0.1) is 0 Å². The molecule has 1 aromatic rings. The van der Waals surface area contributed by atoms with Gasteiger partial charge in [-0.3, -0.25) is 5.41 Å². The Kier molecular flexibility index (Phi) is 5.73. The Labute approximate surface area is 115 Å². The molecule has 0 aliphatic rings. The van der Waals surface area contributed by atoms with Gasteiger partial charge in [-0.2, -0.15) is 0 Å². The SMILES string of the molecule is CCC(CC)N(CC(C)C)c1nccc(C(=N)N)n1. The average molecular weight is 263 g/mol. The maximum Gasteiger partial charge on any atom is 0.226 e. The Hall–Kier alpha value is -1.65. The van der Waals surface area contributed by atoms with Crippen LogP contribution in [-0.4, -0.2) is 28.4 Å². The molecular formula is C14H25N5. The molecule has 0 aliphatic carbocycles. The first kappa shape index (κ1) is 15.4. The lowest BCUT2D eigenvalue weighted by Gasteiger charge is -2.32. The van der Waals surface area contributed by atoms with Crippen LogP contribution in [0, 0.1) is 11.3 Å². The molecule has 3 N–H and O–H groups in total. The summed E-state index contributed by atoms with van der Waals surface area (Å²) in [7, 11) is 0. The lowest BCUT2D eigenvalue weighted by Crippen LogP contribution is -2.39. The van der Waals surface area contributed by atoms with E-state index < -0.39 is 0 Å². The smallest absolute Gasteiger partial charge is 0.226 e. The summed E-state index contributed by atoms with van der Waals surface area (Å²) in [4.78, 5) is 11.0. The first-order valence-corrected chi connectivity index (χ1v) is 6.93. The maximum absolute atomic E-state index is 7.48. The fourth-order valence-corrected chi connectivity index (χ4v) is 2.15. The molecule has 0 fully saturated rings. The van der Waals surface area contributed by atoms with E-state index in [1.807, 2.05) is 0 Å². The van der Waals surface area contributed by atoms with Gasteiger partial charge in [0.15, 0.2) is 0 Å². The zero-order valence-corrected chi connectivity index (χ0v) is 12.3. The molecule has 1 aromatic heterocycles. The van der Waals surface area contributed by atoms with Gasteiger partial charge in [-0.15, -0.1) is 0 Å². The lowest BCUT2D eigenvalue weighted by molar-refractivity contribution is 0.498. The van der Waals surface area contributed by atoms with Crippen LogP contribution in [0.25, 0.3) is 0 Å². The minimum atomic E-state index is -0.0160. The van der Waals surface area contributed by atoms with Crippen LogP contribution in [-0.2, 0) is 0 Å². The molecule has 0 saturated heterocycles. The maximum atomic E-state index is 7.48. The van der Waals surface area contributed by atoms with Crippen LogP contribution in [0.1, 0.15) is 46.2 Å². The second kappa shape index (κ2) is 7.07. The van der Waals surface area contributed by atoms with Gasteiger partial charge in [0, 0.05) is 18.8 Å². The second-order valence-corrected chi connectivity index (χ2v) is 5.17. The van der Waals surface area contributed by atoms with Crippen molar-refractivity contribution in [3.63, 3.8) is 0 Å². The summed E-state index contributed by atoms with van der Waals surface area (Å²) in [5.41, 5.74) is 5.99. The van der Waals surface area contributed by atoms with Gasteiger partial charge in [-0.25, -0.2) is 9.97 Å². The molecule has 19 heavy (non-hydrogen) atoms. The van der Waals surface area contributed by atoms with Crippen LogP contribution in [0.5, 0.6) is 0 Å². The van der Waals surface area contributed by atoms with Gasteiger partial charge in [0.25, 0.3) is 0 Å². The van der Waals surface area contributed by atoms with E-state index >= 15 is 0 Å². The van der Waals surface area contributed by atoms with Crippen molar-refractivity contribution in [1.29, 1.82) is 5.41 Å². The summed E-state index contributed by atoms with van der Waals surface area (Å²) >= 11 is 0. The molecule has 0 saturated carbocycles. The number of nitrogens with zero attached hydrogens (tertiary/aromatic N) is 3. The molecular weight excluding hydrogens is 238 g/mol. The summed E-state index contributed by atoms with van der Waals surface area (Å²) in [6.07, 6.45) is 3.78. The summed E-state index contributed by atoms with van der Waals surface area (Å²) in [6, 6.07) is 2.09. The van der Waals surface area contributed by atoms with Crippen molar-refractivity contribution in [3.05, 3.63) is 18.0 Å². The minimum Gasteiger partial charge on any atom is -0.382 e. The highest BCUT2D eigenvalue weighted by Gasteiger charge is 2.19. The van der Waals surface area contributed by atoms with Crippen molar-refractivity contribution >= 4 is 11.8 Å². The Bertz CT molecular complexity index is 412. The number of amidine groups is 1. The molecule has 0 spiro atoms. The topological polar surface area (TPSA) is 78.9 Å². The van der Waals surface area contributed by atoms with Gasteiger partial charge < -0.3 is 10.6 Å². The third-order valence-corrected chi connectivity index (χ3v) is 3.12. The van der Waals surface area contributed by atoms with Crippen LogP contribution in [0.3, 0.4) is 0 Å². The highest BCUT2D eigenvalue weighted by molar-refractivity contribution is 5.93. The number of rotatable bonds is 7. The van der Waals surface area contributed by atoms with Crippen LogP contribution in [0.2, 0.25) is 0 Å². The fraction of sp³-hybridized carbons (Fsp3) is 0.643. The van der Waals surface area contributed by atoms with Crippen molar-refractivity contribution < 1.29 is 0 Å². The molecule has 0 atom stereocenters. The van der Waals surface area contributed by atoms with E-state index in [-0.39, 0.29) is 5.84 Å². The number of nitrogen functional groups attached to an aromatic ring is 1. The van der Waals surface area contributed by atoms with Crippen molar-refractivity contribution in [1.82, 2.24) is 9.97 Å². The zero-order chi connectivity index (χ0) is 14.4. The van der Waals surface area contributed by atoms with E-state index in [1.54, 1.807) is 12.3 Å². The van der Waals surface area contributed by atoms with Crippen molar-refractivity contribution in [3.8, 4) is 0 Å². The normalized spacial score (nSPS) is 11.1. The molecule has 0 unspecified atom stereocenters. The van der Waals surface area contributed by atoms with E-state index in [0.717, 1.165) is 19.4 Å². The van der Waals surface area contributed by atoms with E-state index in [1.165, 1.54) is 0 Å². The predicted octanol–water partition coefficient (Wildman–Crippen LogP) is 2.41. The van der Waals surface area contributed by atoms with Crippen LogP contribution < -0.4 is 10.6 Å². The van der Waals surface area contributed by atoms with Crippen molar-refractivity contribution in [2.75, 3.05) is 11.4 Å². The molecule has 1 rings (SSSR count). The molecule has 106 valence electrons. The largest absolute Gasteiger partial charge is 0.382 e. The Morgan fingerprint density at radius 3 is 2.47 bits per heavy atom. The van der Waals surface area contributed by atoms with Crippen LogP contribution in [0.4, 0.5) is 5.95 Å². The molecule has 5 heteroatoms. The van der Waals surface area contributed by atoms with Gasteiger partial charge >= 0.3 is 0 Å². The number of nitrogens with two attached hydrogens (primary N) is 1. The highest BCUT2D eigenvalue weighted by Crippen LogP contribution is 2.18. The molecule has 0 aromatic carbocycles.